The van der Waals surface area contributed by atoms with E-state index in [0.717, 1.165) is 48.9 Å². The number of rotatable bonds is 9. The van der Waals surface area contributed by atoms with Crippen molar-refractivity contribution in [3.63, 3.8) is 0 Å². The molecule has 8 heteroatoms. The average Bonchev–Trinajstić information content (AvgIpc) is 2.74. The van der Waals surface area contributed by atoms with E-state index in [2.05, 4.69) is 14.5 Å². The molecule has 1 fully saturated rings. The number of nitrogens with one attached hydrogen (secondary N) is 1. The van der Waals surface area contributed by atoms with Gasteiger partial charge in [-0.2, -0.15) is 0 Å². The van der Waals surface area contributed by atoms with Crippen LogP contribution in [0.3, 0.4) is 0 Å². The van der Waals surface area contributed by atoms with E-state index in [1.54, 1.807) is 18.2 Å². The molecule has 164 valence electrons. The van der Waals surface area contributed by atoms with Crippen LogP contribution in [-0.4, -0.2) is 59.2 Å². The Morgan fingerprint density at radius 1 is 1.07 bits per heavy atom. The predicted octanol–water partition coefficient (Wildman–Crippen LogP) is 3.54. The van der Waals surface area contributed by atoms with Crippen LogP contribution in [0.1, 0.15) is 18.9 Å². The molecular formula is C22H30ClN3O3S. The first-order chi connectivity index (χ1) is 14.4. The lowest BCUT2D eigenvalue weighted by Crippen LogP contribution is -2.48. The summed E-state index contributed by atoms with van der Waals surface area (Å²) in [4.78, 5) is 4.88. The zero-order chi connectivity index (χ0) is 21.6. The van der Waals surface area contributed by atoms with Gasteiger partial charge in [0, 0.05) is 50.0 Å². The maximum Gasteiger partial charge on any atom is 0.240 e. The second-order valence-corrected chi connectivity index (χ2v) is 9.68. The minimum absolute atomic E-state index is 0.274. The number of hydrogen-bond donors (Lipinski definition) is 1. The lowest BCUT2D eigenvalue weighted by Gasteiger charge is -2.36. The van der Waals surface area contributed by atoms with Crippen molar-refractivity contribution in [1.82, 2.24) is 9.62 Å². The van der Waals surface area contributed by atoms with Crippen molar-refractivity contribution in [2.45, 2.75) is 25.2 Å². The molecule has 1 aliphatic heterocycles. The molecule has 0 aromatic heterocycles. The molecule has 30 heavy (non-hydrogen) atoms. The summed E-state index contributed by atoms with van der Waals surface area (Å²) < 4.78 is 33.6. The van der Waals surface area contributed by atoms with Crippen LogP contribution in [0.15, 0.2) is 47.4 Å². The molecular weight excluding hydrogens is 422 g/mol. The average molecular weight is 452 g/mol. The van der Waals surface area contributed by atoms with E-state index >= 15 is 0 Å². The third-order valence-electron chi connectivity index (χ3n) is 5.20. The van der Waals surface area contributed by atoms with Gasteiger partial charge in [-0.3, -0.25) is 4.90 Å². The van der Waals surface area contributed by atoms with E-state index in [1.807, 2.05) is 38.1 Å². The molecule has 6 nitrogen and oxygen atoms in total. The molecule has 0 amide bonds. The number of sulfonamides is 1. The van der Waals surface area contributed by atoms with Crippen LogP contribution in [0.2, 0.25) is 5.02 Å². The first kappa shape index (κ1) is 22.9. The van der Waals surface area contributed by atoms with Gasteiger partial charge in [0.15, 0.2) is 0 Å². The largest absolute Gasteiger partial charge is 0.493 e. The first-order valence-electron chi connectivity index (χ1n) is 10.3. The third kappa shape index (κ3) is 6.11. The minimum atomic E-state index is -3.53. The number of aryl methyl sites for hydroxylation is 1. The van der Waals surface area contributed by atoms with Crippen LogP contribution in [-0.2, 0) is 10.0 Å². The van der Waals surface area contributed by atoms with Gasteiger partial charge in [-0.25, -0.2) is 13.1 Å². The van der Waals surface area contributed by atoms with Crippen molar-refractivity contribution in [3.8, 4) is 5.75 Å². The van der Waals surface area contributed by atoms with Crippen molar-refractivity contribution in [1.29, 1.82) is 0 Å². The highest BCUT2D eigenvalue weighted by molar-refractivity contribution is 7.89. The van der Waals surface area contributed by atoms with Crippen molar-refractivity contribution in [2.75, 3.05) is 50.8 Å². The zero-order valence-electron chi connectivity index (χ0n) is 17.6. The van der Waals surface area contributed by atoms with Gasteiger partial charge >= 0.3 is 0 Å². The van der Waals surface area contributed by atoms with E-state index in [4.69, 9.17) is 16.3 Å². The van der Waals surface area contributed by atoms with Crippen LogP contribution in [0.5, 0.6) is 5.75 Å². The van der Waals surface area contributed by atoms with Crippen LogP contribution >= 0.6 is 11.6 Å². The molecule has 1 N–H and O–H groups in total. The molecule has 0 spiro atoms. The Morgan fingerprint density at radius 2 is 1.77 bits per heavy atom. The Bertz CT molecular complexity index is 927. The fourth-order valence-electron chi connectivity index (χ4n) is 3.47. The van der Waals surface area contributed by atoms with Crippen LogP contribution in [0, 0.1) is 6.92 Å². The van der Waals surface area contributed by atoms with E-state index in [-0.39, 0.29) is 4.90 Å². The van der Waals surface area contributed by atoms with Gasteiger partial charge in [0.2, 0.25) is 10.0 Å². The lowest BCUT2D eigenvalue weighted by atomic mass is 10.2. The summed E-state index contributed by atoms with van der Waals surface area (Å²) in [5.41, 5.74) is 1.99. The normalized spacial score (nSPS) is 15.4. The molecule has 1 saturated heterocycles. The number of anilines is 1. The maximum absolute atomic E-state index is 12.6. The standard InChI is InChI=1S/C22H30ClN3O3S/c1-3-16-29-22-9-8-21(17-18(22)2)30(27,28)24-10-11-25-12-14-26(15-13-25)20-6-4-19(23)5-7-20/h4-9,17,24H,3,10-16H2,1-2H3. The smallest absolute Gasteiger partial charge is 0.240 e. The fourth-order valence-corrected chi connectivity index (χ4v) is 4.70. The minimum Gasteiger partial charge on any atom is -0.493 e. The third-order valence-corrected chi connectivity index (χ3v) is 6.91. The van der Waals surface area contributed by atoms with E-state index in [0.29, 0.717) is 19.7 Å². The predicted molar refractivity (Wildman–Crippen MR) is 122 cm³/mol. The first-order valence-corrected chi connectivity index (χ1v) is 12.2. The molecule has 2 aromatic carbocycles. The second-order valence-electron chi connectivity index (χ2n) is 7.48. The highest BCUT2D eigenvalue weighted by Crippen LogP contribution is 2.22. The summed E-state index contributed by atoms with van der Waals surface area (Å²) in [7, 11) is -3.53. The molecule has 0 unspecified atom stereocenters. The van der Waals surface area contributed by atoms with E-state index < -0.39 is 10.0 Å². The van der Waals surface area contributed by atoms with Crippen molar-refractivity contribution < 1.29 is 13.2 Å². The highest BCUT2D eigenvalue weighted by atomic mass is 35.5. The Kier molecular flexibility index (Phi) is 7.99. The topological polar surface area (TPSA) is 61.9 Å². The summed E-state index contributed by atoms with van der Waals surface area (Å²) >= 11 is 5.96. The molecule has 1 aliphatic rings. The molecule has 0 radical (unpaired) electrons. The Hall–Kier alpha value is -1.80. The Morgan fingerprint density at radius 3 is 2.40 bits per heavy atom. The van der Waals surface area contributed by atoms with E-state index in [9.17, 15) is 8.42 Å². The molecule has 0 saturated carbocycles. The van der Waals surface area contributed by atoms with Gasteiger partial charge in [0.25, 0.3) is 0 Å². The summed E-state index contributed by atoms with van der Waals surface area (Å²) in [5, 5.41) is 0.739. The summed E-state index contributed by atoms with van der Waals surface area (Å²) in [6.07, 6.45) is 0.912. The van der Waals surface area contributed by atoms with Crippen molar-refractivity contribution in [3.05, 3.63) is 53.1 Å². The van der Waals surface area contributed by atoms with Gasteiger partial charge in [-0.1, -0.05) is 18.5 Å². The molecule has 0 atom stereocenters. The quantitative estimate of drug-likeness (QED) is 0.631. The van der Waals surface area contributed by atoms with Crippen LogP contribution in [0.4, 0.5) is 5.69 Å². The van der Waals surface area contributed by atoms with E-state index in [1.165, 1.54) is 5.69 Å². The van der Waals surface area contributed by atoms with Gasteiger partial charge in [0.05, 0.1) is 11.5 Å². The summed E-state index contributed by atoms with van der Waals surface area (Å²) in [6, 6.07) is 12.9. The zero-order valence-corrected chi connectivity index (χ0v) is 19.2. The maximum atomic E-state index is 12.6. The molecule has 2 aromatic rings. The van der Waals surface area contributed by atoms with Gasteiger partial charge in [-0.05, 0) is 61.4 Å². The highest BCUT2D eigenvalue weighted by Gasteiger charge is 2.19. The molecule has 3 rings (SSSR count). The number of halogens is 1. The van der Waals surface area contributed by atoms with Gasteiger partial charge < -0.3 is 9.64 Å². The number of hydrogen-bond acceptors (Lipinski definition) is 5. The van der Waals surface area contributed by atoms with Crippen LogP contribution in [0.25, 0.3) is 0 Å². The number of piperazine rings is 1. The Labute approximate surface area is 184 Å². The van der Waals surface area contributed by atoms with Gasteiger partial charge in [-0.15, -0.1) is 0 Å². The summed E-state index contributed by atoms with van der Waals surface area (Å²) in [5.74, 6) is 0.731. The lowest BCUT2D eigenvalue weighted by molar-refractivity contribution is 0.262. The van der Waals surface area contributed by atoms with Crippen LogP contribution < -0.4 is 14.4 Å². The second kappa shape index (κ2) is 10.5. The number of benzene rings is 2. The fraction of sp³-hybridized carbons (Fsp3) is 0.455. The summed E-state index contributed by atoms with van der Waals surface area (Å²) in [6.45, 7) is 9.20. The monoisotopic (exact) mass is 451 g/mol. The molecule has 0 bridgehead atoms. The SMILES string of the molecule is CCCOc1ccc(S(=O)(=O)NCCN2CCN(c3ccc(Cl)cc3)CC2)cc1C. The molecule has 1 heterocycles. The van der Waals surface area contributed by atoms with Crippen molar-refractivity contribution in [2.24, 2.45) is 0 Å². The van der Waals surface area contributed by atoms with Crippen molar-refractivity contribution >= 4 is 27.3 Å². The number of nitrogens with zero attached hydrogens (tertiary/aromatic N) is 2. The Balaban J connectivity index is 1.47. The number of ether oxygens (including phenoxy) is 1. The molecule has 0 aliphatic carbocycles. The van der Waals surface area contributed by atoms with Gasteiger partial charge in [0.1, 0.15) is 5.75 Å².